The van der Waals surface area contributed by atoms with Crippen LogP contribution in [0.4, 0.5) is 0 Å². The van der Waals surface area contributed by atoms with E-state index in [1.54, 1.807) is 6.08 Å². The second-order valence-electron chi connectivity index (χ2n) is 2.71. The molecule has 0 bridgehead atoms. The first-order valence-corrected chi connectivity index (χ1v) is 4.84. The van der Waals surface area contributed by atoms with Gasteiger partial charge in [-0.05, 0) is 18.9 Å². The van der Waals surface area contributed by atoms with Crippen LogP contribution >= 0.6 is 23.2 Å². The van der Waals surface area contributed by atoms with Crippen LogP contribution in [0.5, 0.6) is 0 Å². The molecule has 1 aliphatic rings. The normalized spacial score (nSPS) is 23.4. The minimum Gasteiger partial charge on any atom is -0.372 e. The molecule has 1 rings (SSSR count). The van der Waals surface area contributed by atoms with Crippen molar-refractivity contribution in [2.24, 2.45) is 0 Å². The first-order chi connectivity index (χ1) is 5.74. The summed E-state index contributed by atoms with van der Waals surface area (Å²) in [5.41, 5.74) is 0. The molecule has 0 amide bonds. The standard InChI is InChI=1S/C9H12Cl2O/c1-2-5-12-9-4-3-7(10)6-8(9)11/h3,6,9H,2,4-5H2,1H3. The Morgan fingerprint density at radius 3 is 2.92 bits per heavy atom. The molecule has 0 radical (unpaired) electrons. The molecule has 0 aromatic rings. The van der Waals surface area contributed by atoms with Crippen LogP contribution < -0.4 is 0 Å². The Morgan fingerprint density at radius 2 is 2.33 bits per heavy atom. The molecule has 0 fully saturated rings. The molecule has 0 saturated heterocycles. The summed E-state index contributed by atoms with van der Waals surface area (Å²) in [6.07, 6.45) is 5.49. The van der Waals surface area contributed by atoms with Crippen molar-refractivity contribution in [2.75, 3.05) is 6.61 Å². The minimum atomic E-state index is 0.0223. The number of ether oxygens (including phenoxy) is 1. The molecule has 0 heterocycles. The van der Waals surface area contributed by atoms with Crippen LogP contribution in [0.15, 0.2) is 22.2 Å². The summed E-state index contributed by atoms with van der Waals surface area (Å²) < 4.78 is 5.49. The van der Waals surface area contributed by atoms with Gasteiger partial charge in [-0.15, -0.1) is 0 Å². The molecule has 1 atom stereocenters. The highest BCUT2D eigenvalue weighted by molar-refractivity contribution is 6.35. The third kappa shape index (κ3) is 2.81. The molecular weight excluding hydrogens is 195 g/mol. The predicted octanol–water partition coefficient (Wildman–Crippen LogP) is 3.43. The highest BCUT2D eigenvalue weighted by Gasteiger charge is 2.15. The van der Waals surface area contributed by atoms with Crippen molar-refractivity contribution in [1.82, 2.24) is 0 Å². The highest BCUT2D eigenvalue weighted by atomic mass is 35.5. The SMILES string of the molecule is CCCOC1CC=C(Cl)C=C1Cl. The number of rotatable bonds is 3. The van der Waals surface area contributed by atoms with Crippen LogP contribution in [-0.4, -0.2) is 12.7 Å². The van der Waals surface area contributed by atoms with Crippen molar-refractivity contribution in [3.8, 4) is 0 Å². The maximum absolute atomic E-state index is 5.92. The van der Waals surface area contributed by atoms with E-state index in [-0.39, 0.29) is 6.10 Å². The van der Waals surface area contributed by atoms with Crippen molar-refractivity contribution in [2.45, 2.75) is 25.9 Å². The summed E-state index contributed by atoms with van der Waals surface area (Å²) in [6, 6.07) is 0. The molecule has 0 aliphatic heterocycles. The summed E-state index contributed by atoms with van der Waals surface area (Å²) in [6.45, 7) is 2.82. The summed E-state index contributed by atoms with van der Waals surface area (Å²) >= 11 is 11.7. The lowest BCUT2D eigenvalue weighted by molar-refractivity contribution is 0.0839. The zero-order valence-electron chi connectivity index (χ0n) is 7.02. The van der Waals surface area contributed by atoms with Crippen molar-refractivity contribution in [3.63, 3.8) is 0 Å². The zero-order valence-corrected chi connectivity index (χ0v) is 8.53. The first-order valence-electron chi connectivity index (χ1n) is 4.08. The van der Waals surface area contributed by atoms with E-state index >= 15 is 0 Å². The van der Waals surface area contributed by atoms with Gasteiger partial charge in [0.25, 0.3) is 0 Å². The summed E-state index contributed by atoms with van der Waals surface area (Å²) in [7, 11) is 0. The Labute approximate surface area is 83.0 Å². The minimum absolute atomic E-state index is 0.0223. The number of hydrogen-bond donors (Lipinski definition) is 0. The van der Waals surface area contributed by atoms with Gasteiger partial charge in [0, 0.05) is 16.7 Å². The maximum Gasteiger partial charge on any atom is 0.0965 e. The van der Waals surface area contributed by atoms with Gasteiger partial charge < -0.3 is 4.74 Å². The fraction of sp³-hybridized carbons (Fsp3) is 0.556. The van der Waals surface area contributed by atoms with E-state index in [9.17, 15) is 0 Å². The average molecular weight is 207 g/mol. The third-order valence-electron chi connectivity index (χ3n) is 1.63. The van der Waals surface area contributed by atoms with Gasteiger partial charge in [0.1, 0.15) is 0 Å². The summed E-state index contributed by atoms with van der Waals surface area (Å²) in [5.74, 6) is 0. The van der Waals surface area contributed by atoms with E-state index in [1.807, 2.05) is 6.08 Å². The first kappa shape index (κ1) is 10.1. The molecular formula is C9H12Cl2O. The average Bonchev–Trinajstić information content (AvgIpc) is 2.03. The highest BCUT2D eigenvalue weighted by Crippen LogP contribution is 2.25. The number of halogens is 2. The molecule has 0 saturated carbocycles. The maximum atomic E-state index is 5.92. The van der Waals surface area contributed by atoms with Crippen molar-refractivity contribution < 1.29 is 4.74 Å². The van der Waals surface area contributed by atoms with E-state index in [2.05, 4.69) is 6.92 Å². The van der Waals surface area contributed by atoms with E-state index in [0.29, 0.717) is 10.1 Å². The van der Waals surface area contributed by atoms with Crippen molar-refractivity contribution in [3.05, 3.63) is 22.2 Å². The van der Waals surface area contributed by atoms with E-state index in [4.69, 9.17) is 27.9 Å². The third-order valence-corrected chi connectivity index (χ3v) is 2.25. The second kappa shape index (κ2) is 4.90. The Bertz CT molecular complexity index is 209. The topological polar surface area (TPSA) is 9.23 Å². The lowest BCUT2D eigenvalue weighted by Gasteiger charge is -2.18. The van der Waals surface area contributed by atoms with E-state index in [0.717, 1.165) is 19.4 Å². The summed E-state index contributed by atoms with van der Waals surface area (Å²) in [5, 5.41) is 1.41. The molecule has 1 aliphatic carbocycles. The second-order valence-corrected chi connectivity index (χ2v) is 3.59. The Kier molecular flexibility index (Phi) is 4.13. The molecule has 3 heteroatoms. The lowest BCUT2D eigenvalue weighted by atomic mass is 10.1. The quantitative estimate of drug-likeness (QED) is 0.688. The molecule has 0 aromatic heterocycles. The van der Waals surface area contributed by atoms with Crippen molar-refractivity contribution in [1.29, 1.82) is 0 Å². The van der Waals surface area contributed by atoms with Crippen LogP contribution in [0.1, 0.15) is 19.8 Å². The smallest absolute Gasteiger partial charge is 0.0965 e. The van der Waals surface area contributed by atoms with Gasteiger partial charge in [0.05, 0.1) is 6.10 Å². The fourth-order valence-electron chi connectivity index (χ4n) is 1.02. The number of allylic oxidation sites excluding steroid dienone is 2. The molecule has 68 valence electrons. The van der Waals surface area contributed by atoms with E-state index < -0.39 is 0 Å². The molecule has 0 aromatic carbocycles. The van der Waals surface area contributed by atoms with Gasteiger partial charge in [0.2, 0.25) is 0 Å². The van der Waals surface area contributed by atoms with Gasteiger partial charge in [-0.1, -0.05) is 36.2 Å². The summed E-state index contributed by atoms with van der Waals surface area (Å²) in [4.78, 5) is 0. The molecule has 1 nitrogen and oxygen atoms in total. The Hall–Kier alpha value is 0.0200. The zero-order chi connectivity index (χ0) is 8.97. The number of hydrogen-bond acceptors (Lipinski definition) is 1. The predicted molar refractivity (Wildman–Crippen MR) is 52.5 cm³/mol. The van der Waals surface area contributed by atoms with Gasteiger partial charge in [0.15, 0.2) is 0 Å². The van der Waals surface area contributed by atoms with Gasteiger partial charge in [-0.2, -0.15) is 0 Å². The van der Waals surface area contributed by atoms with Crippen molar-refractivity contribution >= 4 is 23.2 Å². The Balaban J connectivity index is 2.44. The van der Waals surface area contributed by atoms with Gasteiger partial charge in [-0.3, -0.25) is 0 Å². The molecule has 0 spiro atoms. The monoisotopic (exact) mass is 206 g/mol. The molecule has 0 N–H and O–H groups in total. The molecule has 12 heavy (non-hydrogen) atoms. The van der Waals surface area contributed by atoms with Crippen LogP contribution in [0, 0.1) is 0 Å². The largest absolute Gasteiger partial charge is 0.372 e. The van der Waals surface area contributed by atoms with Crippen LogP contribution in [0.3, 0.4) is 0 Å². The van der Waals surface area contributed by atoms with Crippen LogP contribution in [0.2, 0.25) is 0 Å². The molecule has 1 unspecified atom stereocenters. The van der Waals surface area contributed by atoms with Crippen LogP contribution in [0.25, 0.3) is 0 Å². The van der Waals surface area contributed by atoms with Gasteiger partial charge >= 0.3 is 0 Å². The Morgan fingerprint density at radius 1 is 1.58 bits per heavy atom. The van der Waals surface area contributed by atoms with E-state index in [1.165, 1.54) is 0 Å². The van der Waals surface area contributed by atoms with Crippen LogP contribution in [-0.2, 0) is 4.74 Å². The van der Waals surface area contributed by atoms with Gasteiger partial charge in [-0.25, -0.2) is 0 Å². The fourth-order valence-corrected chi connectivity index (χ4v) is 1.56. The lowest BCUT2D eigenvalue weighted by Crippen LogP contribution is -2.15.